The van der Waals surface area contributed by atoms with Gasteiger partial charge in [-0.2, -0.15) is 0 Å². The van der Waals surface area contributed by atoms with Gasteiger partial charge >= 0.3 is 0 Å². The third kappa shape index (κ3) is 5.07. The first-order valence-electron chi connectivity index (χ1n) is 8.41. The third-order valence-corrected chi connectivity index (χ3v) is 5.48. The van der Waals surface area contributed by atoms with E-state index in [4.69, 9.17) is 0 Å². The van der Waals surface area contributed by atoms with Crippen LogP contribution in [0.4, 0.5) is 5.69 Å². The van der Waals surface area contributed by atoms with Crippen molar-refractivity contribution in [1.82, 2.24) is 10.9 Å². The molecule has 27 heavy (non-hydrogen) atoms. The van der Waals surface area contributed by atoms with E-state index >= 15 is 0 Å². The van der Waals surface area contributed by atoms with Crippen LogP contribution in [0.25, 0.3) is 0 Å². The zero-order valence-electron chi connectivity index (χ0n) is 15.7. The number of anilines is 1. The zero-order valence-corrected chi connectivity index (χ0v) is 16.5. The van der Waals surface area contributed by atoms with Crippen molar-refractivity contribution in [2.75, 3.05) is 4.72 Å². The highest BCUT2D eigenvalue weighted by atomic mass is 32.2. The molecule has 3 N–H and O–H groups in total. The molecule has 0 spiro atoms. The molecule has 0 aliphatic carbocycles. The molecule has 2 rings (SSSR count). The molecule has 2 amide bonds. The smallest absolute Gasteiger partial charge is 0.269 e. The van der Waals surface area contributed by atoms with E-state index in [9.17, 15) is 18.0 Å². The summed E-state index contributed by atoms with van der Waals surface area (Å²) in [4.78, 5) is 23.5. The quantitative estimate of drug-likeness (QED) is 0.684. The summed E-state index contributed by atoms with van der Waals surface area (Å²) in [6.07, 6.45) is 0. The van der Waals surface area contributed by atoms with Gasteiger partial charge in [-0.15, -0.1) is 0 Å². The molecule has 8 heteroatoms. The first-order chi connectivity index (χ1) is 12.6. The van der Waals surface area contributed by atoms with E-state index in [0.717, 1.165) is 11.1 Å². The van der Waals surface area contributed by atoms with Crippen LogP contribution in [-0.4, -0.2) is 20.2 Å². The molecule has 0 aliphatic rings. The second kappa shape index (κ2) is 8.22. The molecule has 2 aromatic rings. The maximum atomic E-state index is 12.6. The molecule has 2 aromatic carbocycles. The fourth-order valence-corrected chi connectivity index (χ4v) is 3.31. The van der Waals surface area contributed by atoms with Gasteiger partial charge in [0.25, 0.3) is 15.9 Å². The highest BCUT2D eigenvalue weighted by Crippen LogP contribution is 2.22. The predicted octanol–water partition coefficient (Wildman–Crippen LogP) is 2.52. The van der Waals surface area contributed by atoms with Gasteiger partial charge in [-0.05, 0) is 55.3 Å². The number of hydrazine groups is 1. The van der Waals surface area contributed by atoms with Crippen LogP contribution in [0, 0.1) is 19.8 Å². The van der Waals surface area contributed by atoms with Crippen molar-refractivity contribution in [3.63, 3.8) is 0 Å². The van der Waals surface area contributed by atoms with Crippen molar-refractivity contribution in [2.24, 2.45) is 5.92 Å². The van der Waals surface area contributed by atoms with E-state index in [-0.39, 0.29) is 22.3 Å². The molecule has 0 aliphatic heterocycles. The maximum Gasteiger partial charge on any atom is 0.269 e. The van der Waals surface area contributed by atoms with E-state index in [1.807, 2.05) is 19.9 Å². The SMILES string of the molecule is Cc1cccc(NS(=O)(=O)c2ccc(C(=O)NNC(=O)C(C)C)cc2)c1C. The van der Waals surface area contributed by atoms with Crippen molar-refractivity contribution in [2.45, 2.75) is 32.6 Å². The lowest BCUT2D eigenvalue weighted by Crippen LogP contribution is -2.43. The highest BCUT2D eigenvalue weighted by molar-refractivity contribution is 7.92. The lowest BCUT2D eigenvalue weighted by atomic mass is 10.1. The lowest BCUT2D eigenvalue weighted by Gasteiger charge is -2.13. The first-order valence-corrected chi connectivity index (χ1v) is 9.89. The number of benzene rings is 2. The van der Waals surface area contributed by atoms with Gasteiger partial charge in [0, 0.05) is 11.5 Å². The topological polar surface area (TPSA) is 104 Å². The lowest BCUT2D eigenvalue weighted by molar-refractivity contribution is -0.124. The van der Waals surface area contributed by atoms with Gasteiger partial charge in [-0.3, -0.25) is 25.2 Å². The Bertz CT molecular complexity index is 951. The monoisotopic (exact) mass is 389 g/mol. The molecule has 0 saturated carbocycles. The van der Waals surface area contributed by atoms with Gasteiger partial charge in [0.15, 0.2) is 0 Å². The highest BCUT2D eigenvalue weighted by Gasteiger charge is 2.17. The van der Waals surface area contributed by atoms with Crippen LogP contribution >= 0.6 is 0 Å². The Morgan fingerprint density at radius 2 is 1.56 bits per heavy atom. The molecule has 144 valence electrons. The molecule has 0 fully saturated rings. The van der Waals surface area contributed by atoms with Crippen molar-refractivity contribution in [3.8, 4) is 0 Å². The number of hydrogen-bond acceptors (Lipinski definition) is 4. The Balaban J connectivity index is 2.12. The van der Waals surface area contributed by atoms with Crippen LogP contribution < -0.4 is 15.6 Å². The molecule has 0 atom stereocenters. The molecule has 0 saturated heterocycles. The van der Waals surface area contributed by atoms with Gasteiger partial charge in [0.05, 0.1) is 10.6 Å². The number of aryl methyl sites for hydroxylation is 1. The number of hydrogen-bond donors (Lipinski definition) is 3. The summed E-state index contributed by atoms with van der Waals surface area (Å²) in [5.41, 5.74) is 7.15. The average Bonchev–Trinajstić information content (AvgIpc) is 2.63. The van der Waals surface area contributed by atoms with Crippen molar-refractivity contribution >= 4 is 27.5 Å². The van der Waals surface area contributed by atoms with E-state index < -0.39 is 15.9 Å². The third-order valence-electron chi connectivity index (χ3n) is 4.10. The minimum Gasteiger partial charge on any atom is -0.279 e. The normalized spacial score (nSPS) is 11.1. The van der Waals surface area contributed by atoms with Gasteiger partial charge in [-0.1, -0.05) is 26.0 Å². The van der Waals surface area contributed by atoms with Gasteiger partial charge in [0.1, 0.15) is 0 Å². The number of sulfonamides is 1. The summed E-state index contributed by atoms with van der Waals surface area (Å²) in [7, 11) is -3.78. The Hall–Kier alpha value is -2.87. The molecular formula is C19H23N3O4S. The molecule has 0 bridgehead atoms. The number of amides is 2. The van der Waals surface area contributed by atoms with Gasteiger partial charge in [0.2, 0.25) is 5.91 Å². The average molecular weight is 389 g/mol. The van der Waals surface area contributed by atoms with Crippen LogP contribution in [0.3, 0.4) is 0 Å². The molecule has 0 unspecified atom stereocenters. The van der Waals surface area contributed by atoms with E-state index in [1.165, 1.54) is 24.3 Å². The minimum atomic E-state index is -3.78. The van der Waals surface area contributed by atoms with Crippen LogP contribution in [0.1, 0.15) is 35.3 Å². The predicted molar refractivity (Wildman–Crippen MR) is 104 cm³/mol. The standard InChI is InChI=1S/C19H23N3O4S/c1-12(2)18(23)20-21-19(24)15-8-10-16(11-9-15)27(25,26)22-17-7-5-6-13(3)14(17)4/h5-12,22H,1-4H3,(H,20,23)(H,21,24). The first kappa shape index (κ1) is 20.4. The molecule has 0 radical (unpaired) electrons. The molecule has 0 heterocycles. The number of carbonyl (C=O) groups excluding carboxylic acids is 2. The molecule has 0 aromatic heterocycles. The van der Waals surface area contributed by atoms with Crippen molar-refractivity contribution in [1.29, 1.82) is 0 Å². The number of carbonyl (C=O) groups is 2. The number of nitrogens with one attached hydrogen (secondary N) is 3. The van der Waals surface area contributed by atoms with Crippen LogP contribution in [-0.2, 0) is 14.8 Å². The second-order valence-corrected chi connectivity index (χ2v) is 8.16. The summed E-state index contributed by atoms with van der Waals surface area (Å²) >= 11 is 0. The van der Waals surface area contributed by atoms with Crippen LogP contribution in [0.5, 0.6) is 0 Å². The largest absolute Gasteiger partial charge is 0.279 e. The van der Waals surface area contributed by atoms with E-state index in [1.54, 1.807) is 26.0 Å². The van der Waals surface area contributed by atoms with Crippen molar-refractivity contribution < 1.29 is 18.0 Å². The second-order valence-electron chi connectivity index (χ2n) is 6.48. The van der Waals surface area contributed by atoms with Crippen molar-refractivity contribution in [3.05, 3.63) is 59.2 Å². The summed E-state index contributed by atoms with van der Waals surface area (Å²) in [6.45, 7) is 7.14. The van der Waals surface area contributed by atoms with Gasteiger partial charge < -0.3 is 0 Å². The maximum absolute atomic E-state index is 12.6. The van der Waals surface area contributed by atoms with E-state index in [2.05, 4.69) is 15.6 Å². The summed E-state index contributed by atoms with van der Waals surface area (Å²) < 4.78 is 27.7. The minimum absolute atomic E-state index is 0.0335. The zero-order chi connectivity index (χ0) is 20.2. The Morgan fingerprint density at radius 1 is 0.926 bits per heavy atom. The van der Waals surface area contributed by atoms with E-state index in [0.29, 0.717) is 5.69 Å². The fourth-order valence-electron chi connectivity index (χ4n) is 2.19. The molecule has 7 nitrogen and oxygen atoms in total. The van der Waals surface area contributed by atoms with Crippen LogP contribution in [0.2, 0.25) is 0 Å². The fraction of sp³-hybridized carbons (Fsp3) is 0.263. The van der Waals surface area contributed by atoms with Gasteiger partial charge in [-0.25, -0.2) is 8.42 Å². The Kier molecular flexibility index (Phi) is 6.22. The Morgan fingerprint density at radius 3 is 2.15 bits per heavy atom. The summed E-state index contributed by atoms with van der Waals surface area (Å²) in [5, 5.41) is 0. The Labute approximate surface area is 159 Å². The molecular weight excluding hydrogens is 366 g/mol. The summed E-state index contributed by atoms with van der Waals surface area (Å²) in [5.74, 6) is -1.12. The summed E-state index contributed by atoms with van der Waals surface area (Å²) in [6, 6.07) is 10.8. The van der Waals surface area contributed by atoms with Crippen LogP contribution in [0.15, 0.2) is 47.4 Å². The number of rotatable bonds is 5.